The number of carbonyl (C=O) groups excluding carboxylic acids is 3. The molecule has 0 saturated carbocycles. The van der Waals surface area contributed by atoms with Gasteiger partial charge in [-0.2, -0.15) is 0 Å². The van der Waals surface area contributed by atoms with E-state index in [1.54, 1.807) is 6.92 Å². The third-order valence-electron chi connectivity index (χ3n) is 7.30. The van der Waals surface area contributed by atoms with Crippen LogP contribution >= 0.6 is 0 Å². The van der Waals surface area contributed by atoms with E-state index in [0.717, 1.165) is 32.1 Å². The maximum atomic E-state index is 13.6. The maximum absolute atomic E-state index is 13.6. The summed E-state index contributed by atoms with van der Waals surface area (Å²) >= 11 is 0. The Morgan fingerprint density at radius 1 is 0.974 bits per heavy atom. The molecule has 3 amide bonds. The average molecular weight is 521 g/mol. The summed E-state index contributed by atoms with van der Waals surface area (Å²) in [5.41, 5.74) is 8.16. The van der Waals surface area contributed by atoms with Crippen LogP contribution in [0.15, 0.2) is 60.7 Å². The molecule has 3 atom stereocenters. The first kappa shape index (κ1) is 29.4. The van der Waals surface area contributed by atoms with Gasteiger partial charge in [0.05, 0.1) is 6.04 Å². The minimum absolute atomic E-state index is 0.0650. The molecule has 0 spiro atoms. The van der Waals surface area contributed by atoms with Gasteiger partial charge in [0.2, 0.25) is 17.7 Å². The van der Waals surface area contributed by atoms with Crippen LogP contribution in [0.5, 0.6) is 0 Å². The van der Waals surface area contributed by atoms with Crippen LogP contribution in [0.25, 0.3) is 0 Å². The van der Waals surface area contributed by atoms with E-state index in [1.165, 1.54) is 11.1 Å². The zero-order chi connectivity index (χ0) is 27.5. The molecule has 2 aromatic carbocycles. The predicted octanol–water partition coefficient (Wildman–Crippen LogP) is 3.56. The third-order valence-corrected chi connectivity index (χ3v) is 7.30. The summed E-state index contributed by atoms with van der Waals surface area (Å²) < 4.78 is 0. The number of likely N-dealkylation sites (tertiary alicyclic amines) is 1. The molecule has 0 aromatic heterocycles. The minimum Gasteiger partial charge on any atom is -0.343 e. The zero-order valence-corrected chi connectivity index (χ0v) is 23.1. The van der Waals surface area contributed by atoms with Crippen LogP contribution in [0.3, 0.4) is 0 Å². The minimum atomic E-state index is -0.680. The molecule has 2 aromatic rings. The van der Waals surface area contributed by atoms with Crippen molar-refractivity contribution < 1.29 is 14.4 Å². The van der Waals surface area contributed by atoms with Gasteiger partial charge >= 0.3 is 0 Å². The van der Waals surface area contributed by atoms with Gasteiger partial charge in [-0.25, -0.2) is 0 Å². The Morgan fingerprint density at radius 2 is 1.58 bits per heavy atom. The van der Waals surface area contributed by atoms with Crippen molar-refractivity contribution in [3.63, 3.8) is 0 Å². The van der Waals surface area contributed by atoms with E-state index >= 15 is 0 Å². The lowest BCUT2D eigenvalue weighted by Crippen LogP contribution is -2.56. The summed E-state index contributed by atoms with van der Waals surface area (Å²) in [6.45, 7) is 7.23. The average Bonchev–Trinajstić information content (AvgIpc) is 3.38. The number of aryl methyl sites for hydroxylation is 1. The molecule has 1 fully saturated rings. The van der Waals surface area contributed by atoms with E-state index in [-0.39, 0.29) is 29.7 Å². The van der Waals surface area contributed by atoms with Crippen molar-refractivity contribution in [1.29, 1.82) is 0 Å². The normalized spacial score (nSPS) is 16.8. The van der Waals surface area contributed by atoms with Crippen LogP contribution in [0.2, 0.25) is 0 Å². The van der Waals surface area contributed by atoms with Crippen molar-refractivity contribution in [2.75, 3.05) is 19.6 Å². The second-order valence-electron chi connectivity index (χ2n) is 10.8. The molecule has 0 bridgehead atoms. The molecule has 206 valence electrons. The molecule has 7 heteroatoms. The first-order valence-electron chi connectivity index (χ1n) is 14.0. The molecule has 7 nitrogen and oxygen atoms in total. The number of hydrogen-bond acceptors (Lipinski definition) is 4. The van der Waals surface area contributed by atoms with Gasteiger partial charge in [-0.1, -0.05) is 74.5 Å². The van der Waals surface area contributed by atoms with Gasteiger partial charge in [0.15, 0.2) is 0 Å². The lowest BCUT2D eigenvalue weighted by molar-refractivity contribution is -0.140. The smallest absolute Gasteiger partial charge is 0.245 e. The van der Waals surface area contributed by atoms with Crippen LogP contribution in [-0.2, 0) is 27.2 Å². The number of carbonyl (C=O) groups is 3. The van der Waals surface area contributed by atoms with Crippen molar-refractivity contribution in [1.82, 2.24) is 15.1 Å². The lowest BCUT2D eigenvalue weighted by atomic mass is 10.0. The summed E-state index contributed by atoms with van der Waals surface area (Å²) in [7, 11) is 0. The summed E-state index contributed by atoms with van der Waals surface area (Å²) in [4.78, 5) is 43.1. The number of nitrogens with one attached hydrogen (secondary N) is 1. The highest BCUT2D eigenvalue weighted by molar-refractivity contribution is 5.90. The van der Waals surface area contributed by atoms with Crippen molar-refractivity contribution in [2.45, 2.75) is 77.4 Å². The molecular weight excluding hydrogens is 476 g/mol. The van der Waals surface area contributed by atoms with Crippen molar-refractivity contribution in [3.8, 4) is 0 Å². The number of rotatable bonds is 13. The van der Waals surface area contributed by atoms with Crippen molar-refractivity contribution in [3.05, 3.63) is 71.8 Å². The second-order valence-corrected chi connectivity index (χ2v) is 10.8. The molecule has 1 aliphatic rings. The van der Waals surface area contributed by atoms with Crippen LogP contribution in [-0.4, -0.2) is 65.3 Å². The number of benzene rings is 2. The summed E-state index contributed by atoms with van der Waals surface area (Å²) in [5.74, 6) is -0.357. The summed E-state index contributed by atoms with van der Waals surface area (Å²) in [6, 6.07) is 19.0. The molecule has 1 heterocycles. The highest BCUT2D eigenvalue weighted by Crippen LogP contribution is 2.22. The number of hydrogen-bond donors (Lipinski definition) is 2. The van der Waals surface area contributed by atoms with E-state index in [1.807, 2.05) is 60.0 Å². The number of nitrogens with zero attached hydrogens (tertiary/aromatic N) is 2. The molecule has 1 saturated heterocycles. The SMILES string of the molecule is CC(C)[C@H](NC(=O)[C@H](C)N)C(=O)N1CCC[C@H]1CN(CCc1ccccc1)C(=O)CCCc1ccccc1. The summed E-state index contributed by atoms with van der Waals surface area (Å²) in [5, 5.41) is 2.84. The van der Waals surface area contributed by atoms with Gasteiger partial charge in [0.1, 0.15) is 6.04 Å². The Morgan fingerprint density at radius 3 is 2.16 bits per heavy atom. The molecule has 0 aliphatic carbocycles. The number of nitrogens with two attached hydrogens (primary N) is 1. The molecule has 1 aliphatic heterocycles. The van der Waals surface area contributed by atoms with E-state index in [2.05, 4.69) is 29.6 Å². The lowest BCUT2D eigenvalue weighted by Gasteiger charge is -2.34. The first-order valence-corrected chi connectivity index (χ1v) is 14.0. The van der Waals surface area contributed by atoms with E-state index < -0.39 is 12.1 Å². The zero-order valence-electron chi connectivity index (χ0n) is 23.1. The fraction of sp³-hybridized carbons (Fsp3) is 0.516. The van der Waals surface area contributed by atoms with E-state index in [9.17, 15) is 14.4 Å². The molecule has 3 rings (SSSR count). The van der Waals surface area contributed by atoms with E-state index in [4.69, 9.17) is 5.73 Å². The quantitative estimate of drug-likeness (QED) is 0.422. The molecule has 0 radical (unpaired) electrons. The number of amides is 3. The Balaban J connectivity index is 1.68. The van der Waals surface area contributed by atoms with Crippen LogP contribution in [0.1, 0.15) is 57.6 Å². The second kappa shape index (κ2) is 14.7. The fourth-order valence-electron chi connectivity index (χ4n) is 5.02. The van der Waals surface area contributed by atoms with Crippen LogP contribution < -0.4 is 11.1 Å². The largest absolute Gasteiger partial charge is 0.343 e. The van der Waals surface area contributed by atoms with E-state index in [0.29, 0.717) is 26.1 Å². The molecule has 3 N–H and O–H groups in total. The molecule has 38 heavy (non-hydrogen) atoms. The molecule has 0 unspecified atom stereocenters. The Labute approximate surface area is 227 Å². The van der Waals surface area contributed by atoms with Gasteiger partial charge < -0.3 is 20.9 Å². The monoisotopic (exact) mass is 520 g/mol. The van der Waals surface area contributed by atoms with Gasteiger partial charge in [0.25, 0.3) is 0 Å². The van der Waals surface area contributed by atoms with Crippen LogP contribution in [0.4, 0.5) is 0 Å². The van der Waals surface area contributed by atoms with Gasteiger partial charge in [-0.3, -0.25) is 14.4 Å². The first-order chi connectivity index (χ1) is 18.3. The third kappa shape index (κ3) is 8.69. The van der Waals surface area contributed by atoms with Crippen molar-refractivity contribution >= 4 is 17.7 Å². The summed E-state index contributed by atoms with van der Waals surface area (Å²) in [6.07, 6.45) is 4.63. The Bertz CT molecular complexity index is 1030. The Hall–Kier alpha value is -3.19. The van der Waals surface area contributed by atoms with Crippen LogP contribution in [0, 0.1) is 5.92 Å². The highest BCUT2D eigenvalue weighted by Gasteiger charge is 2.36. The molecular formula is C31H44N4O3. The highest BCUT2D eigenvalue weighted by atomic mass is 16.2. The fourth-order valence-corrected chi connectivity index (χ4v) is 5.02. The standard InChI is InChI=1S/C31H44N4O3/c1-23(2)29(33-30(37)24(3)32)31(38)35-20-11-17-27(35)22-34(21-19-26-14-8-5-9-15-26)28(36)18-10-16-25-12-6-4-7-13-25/h4-9,12-15,23-24,27,29H,10-11,16-22,32H2,1-3H3,(H,33,37)/t24-,27-,29-/m0/s1. The topological polar surface area (TPSA) is 95.7 Å². The van der Waals surface area contributed by atoms with Gasteiger partial charge in [0, 0.05) is 32.1 Å². The van der Waals surface area contributed by atoms with Gasteiger partial charge in [-0.15, -0.1) is 0 Å². The Kier molecular flexibility index (Phi) is 11.3. The predicted molar refractivity (Wildman–Crippen MR) is 151 cm³/mol. The van der Waals surface area contributed by atoms with Gasteiger partial charge in [-0.05, 0) is 56.1 Å². The van der Waals surface area contributed by atoms with Crippen molar-refractivity contribution in [2.24, 2.45) is 11.7 Å². The maximum Gasteiger partial charge on any atom is 0.245 e.